The van der Waals surface area contributed by atoms with E-state index in [9.17, 15) is 0 Å². The van der Waals surface area contributed by atoms with Gasteiger partial charge in [-0.2, -0.15) is 0 Å². The normalized spacial score (nSPS) is 17.8. The fourth-order valence-electron chi connectivity index (χ4n) is 1.25. The zero-order valence-electron chi connectivity index (χ0n) is 6.44. The minimum absolute atomic E-state index is 0.676. The number of fused-ring (bicyclic) bond motifs is 1. The van der Waals surface area contributed by atoms with Crippen molar-refractivity contribution in [1.29, 1.82) is 0 Å². The minimum Gasteiger partial charge on any atom is -0.411 e. The van der Waals surface area contributed by atoms with E-state index in [1.807, 2.05) is 18.2 Å². The van der Waals surface area contributed by atoms with Crippen LogP contribution in [0.15, 0.2) is 23.6 Å². The van der Waals surface area contributed by atoms with Crippen LogP contribution in [0.25, 0.3) is 12.2 Å². The molecule has 0 radical (unpaired) electrons. The van der Waals surface area contributed by atoms with E-state index in [4.69, 9.17) is 5.21 Å². The Kier molecular flexibility index (Phi) is 1.63. The maximum atomic E-state index is 8.53. The largest absolute Gasteiger partial charge is 0.411 e. The van der Waals surface area contributed by atoms with Gasteiger partial charge in [0.05, 0.1) is 5.71 Å². The standard InChI is InChI=1S/C9H8N2O/c12-11-9-2-1-7-3-4-10-6-8(7)5-9/h1,3-6,12H,2H2. The van der Waals surface area contributed by atoms with E-state index in [1.54, 1.807) is 12.4 Å². The molecule has 0 saturated carbocycles. The summed E-state index contributed by atoms with van der Waals surface area (Å²) in [5, 5.41) is 13.8. The van der Waals surface area contributed by atoms with Crippen molar-refractivity contribution in [3.63, 3.8) is 0 Å². The van der Waals surface area contributed by atoms with Crippen LogP contribution in [0.4, 0.5) is 0 Å². The number of hydrogen-bond donors (Lipinski definition) is 1. The SMILES string of the molecule is ON=C1C=c2cnccc2=CC1. The van der Waals surface area contributed by atoms with Crippen molar-refractivity contribution in [2.75, 3.05) is 0 Å². The summed E-state index contributed by atoms with van der Waals surface area (Å²) in [4.78, 5) is 3.98. The zero-order chi connectivity index (χ0) is 8.39. The van der Waals surface area contributed by atoms with E-state index in [1.165, 1.54) is 0 Å². The molecular weight excluding hydrogens is 152 g/mol. The summed E-state index contributed by atoms with van der Waals surface area (Å²) in [5.74, 6) is 0. The molecule has 0 amide bonds. The van der Waals surface area contributed by atoms with Crippen LogP contribution in [0.2, 0.25) is 0 Å². The van der Waals surface area contributed by atoms with E-state index in [0.717, 1.165) is 10.4 Å². The Morgan fingerprint density at radius 2 is 2.33 bits per heavy atom. The van der Waals surface area contributed by atoms with Gasteiger partial charge < -0.3 is 5.21 Å². The molecule has 0 aliphatic heterocycles. The molecule has 1 aliphatic carbocycles. The second-order valence-corrected chi connectivity index (χ2v) is 2.65. The lowest BCUT2D eigenvalue weighted by Crippen LogP contribution is -2.29. The van der Waals surface area contributed by atoms with E-state index in [0.29, 0.717) is 12.1 Å². The smallest absolute Gasteiger partial charge is 0.0840 e. The van der Waals surface area contributed by atoms with Crippen LogP contribution in [0.1, 0.15) is 6.42 Å². The Morgan fingerprint density at radius 1 is 1.42 bits per heavy atom. The average Bonchev–Trinajstić information content (AvgIpc) is 2.17. The van der Waals surface area contributed by atoms with E-state index < -0.39 is 0 Å². The molecule has 1 aromatic rings. The van der Waals surface area contributed by atoms with Crippen LogP contribution in [-0.2, 0) is 0 Å². The first-order chi connectivity index (χ1) is 5.90. The summed E-state index contributed by atoms with van der Waals surface area (Å²) in [6.45, 7) is 0. The van der Waals surface area contributed by atoms with Gasteiger partial charge in [-0.25, -0.2) is 0 Å². The highest BCUT2D eigenvalue weighted by atomic mass is 16.4. The van der Waals surface area contributed by atoms with Crippen molar-refractivity contribution in [3.8, 4) is 0 Å². The summed E-state index contributed by atoms with van der Waals surface area (Å²) in [6, 6.07) is 1.94. The quantitative estimate of drug-likeness (QED) is 0.424. The zero-order valence-corrected chi connectivity index (χ0v) is 6.44. The molecule has 0 bridgehead atoms. The molecular formula is C9H8N2O. The molecule has 3 heteroatoms. The highest BCUT2D eigenvalue weighted by Crippen LogP contribution is 1.92. The van der Waals surface area contributed by atoms with Gasteiger partial charge >= 0.3 is 0 Å². The van der Waals surface area contributed by atoms with Crippen LogP contribution in [0.3, 0.4) is 0 Å². The van der Waals surface area contributed by atoms with Gasteiger partial charge in [0.1, 0.15) is 0 Å². The topological polar surface area (TPSA) is 45.5 Å². The van der Waals surface area contributed by atoms with Crippen LogP contribution < -0.4 is 10.4 Å². The Hall–Kier alpha value is -1.64. The van der Waals surface area contributed by atoms with Gasteiger partial charge in [0.25, 0.3) is 0 Å². The summed E-state index contributed by atoms with van der Waals surface area (Å²) in [5.41, 5.74) is 0.676. The molecule has 0 saturated heterocycles. The Balaban J connectivity index is 2.72. The molecule has 1 heterocycles. The highest BCUT2D eigenvalue weighted by Gasteiger charge is 1.98. The maximum absolute atomic E-state index is 8.53. The van der Waals surface area contributed by atoms with Crippen molar-refractivity contribution in [2.24, 2.45) is 5.16 Å². The van der Waals surface area contributed by atoms with E-state index in [2.05, 4.69) is 10.1 Å². The summed E-state index contributed by atoms with van der Waals surface area (Å²) in [7, 11) is 0. The first-order valence-corrected chi connectivity index (χ1v) is 3.73. The van der Waals surface area contributed by atoms with Crippen molar-refractivity contribution < 1.29 is 5.21 Å². The van der Waals surface area contributed by atoms with Gasteiger partial charge in [-0.3, -0.25) is 4.98 Å². The fraction of sp³-hybridized carbons (Fsp3) is 0.111. The van der Waals surface area contributed by atoms with Gasteiger partial charge in [-0.15, -0.1) is 0 Å². The maximum Gasteiger partial charge on any atom is 0.0840 e. The van der Waals surface area contributed by atoms with Crippen molar-refractivity contribution in [2.45, 2.75) is 6.42 Å². The van der Waals surface area contributed by atoms with Gasteiger partial charge in [0.15, 0.2) is 0 Å². The van der Waals surface area contributed by atoms with Crippen molar-refractivity contribution in [3.05, 3.63) is 28.9 Å². The number of rotatable bonds is 0. The monoisotopic (exact) mass is 160 g/mol. The third kappa shape index (κ3) is 1.09. The lowest BCUT2D eigenvalue weighted by atomic mass is 10.1. The molecule has 0 fully saturated rings. The molecule has 1 aliphatic rings. The van der Waals surface area contributed by atoms with E-state index in [-0.39, 0.29) is 0 Å². The number of aromatic nitrogens is 1. The lowest BCUT2D eigenvalue weighted by molar-refractivity contribution is 0.319. The minimum atomic E-state index is 0.676. The third-order valence-corrected chi connectivity index (χ3v) is 1.87. The Labute approximate surface area is 69.4 Å². The van der Waals surface area contributed by atoms with E-state index >= 15 is 0 Å². The third-order valence-electron chi connectivity index (χ3n) is 1.87. The van der Waals surface area contributed by atoms with Crippen molar-refractivity contribution in [1.82, 2.24) is 4.98 Å². The van der Waals surface area contributed by atoms with Crippen LogP contribution in [-0.4, -0.2) is 15.9 Å². The van der Waals surface area contributed by atoms with Gasteiger partial charge in [0.2, 0.25) is 0 Å². The Morgan fingerprint density at radius 3 is 3.17 bits per heavy atom. The predicted octanol–water partition coefficient (Wildman–Crippen LogP) is -0.124. The molecule has 1 N–H and O–H groups in total. The molecule has 2 rings (SSSR count). The number of oxime groups is 1. The molecule has 0 unspecified atom stereocenters. The Bertz CT molecular complexity index is 434. The molecule has 0 atom stereocenters. The molecule has 0 aromatic carbocycles. The predicted molar refractivity (Wildman–Crippen MR) is 46.3 cm³/mol. The summed E-state index contributed by atoms with van der Waals surface area (Å²) in [6.07, 6.45) is 8.06. The lowest BCUT2D eigenvalue weighted by Gasteiger charge is -1.99. The average molecular weight is 160 g/mol. The van der Waals surface area contributed by atoms with Gasteiger partial charge in [-0.1, -0.05) is 11.2 Å². The first-order valence-electron chi connectivity index (χ1n) is 3.73. The summed E-state index contributed by atoms with van der Waals surface area (Å²) < 4.78 is 0. The molecule has 0 spiro atoms. The van der Waals surface area contributed by atoms with Crippen LogP contribution in [0, 0.1) is 0 Å². The molecule has 3 nitrogen and oxygen atoms in total. The molecule has 12 heavy (non-hydrogen) atoms. The van der Waals surface area contributed by atoms with Crippen LogP contribution in [0.5, 0.6) is 0 Å². The number of hydrogen-bond acceptors (Lipinski definition) is 3. The fourth-order valence-corrected chi connectivity index (χ4v) is 1.25. The highest BCUT2D eigenvalue weighted by molar-refractivity contribution is 6.12. The van der Waals surface area contributed by atoms with Crippen LogP contribution >= 0.6 is 0 Å². The van der Waals surface area contributed by atoms with Gasteiger partial charge in [-0.05, 0) is 17.4 Å². The number of nitrogens with zero attached hydrogens (tertiary/aromatic N) is 2. The summed E-state index contributed by atoms with van der Waals surface area (Å²) >= 11 is 0. The first kappa shape index (κ1) is 7.03. The second kappa shape index (κ2) is 2.77. The molecule has 60 valence electrons. The second-order valence-electron chi connectivity index (χ2n) is 2.65. The number of pyridine rings is 1. The molecule has 1 aromatic heterocycles. The van der Waals surface area contributed by atoms with Crippen molar-refractivity contribution >= 4 is 17.9 Å². The van der Waals surface area contributed by atoms with Gasteiger partial charge in [0, 0.05) is 24.0 Å².